The molecule has 5 heteroatoms. The van der Waals surface area contributed by atoms with Crippen molar-refractivity contribution in [1.29, 1.82) is 0 Å². The van der Waals surface area contributed by atoms with Crippen molar-refractivity contribution in [1.82, 2.24) is 4.90 Å². The van der Waals surface area contributed by atoms with E-state index in [0.29, 0.717) is 21.9 Å². The maximum absolute atomic E-state index is 13.2. The Morgan fingerprint density at radius 2 is 1.26 bits per heavy atom. The van der Waals surface area contributed by atoms with E-state index in [-0.39, 0.29) is 24.9 Å². The lowest BCUT2D eigenvalue weighted by atomic mass is 9.94. The number of urea groups is 1. The van der Waals surface area contributed by atoms with Gasteiger partial charge in [0.2, 0.25) is 0 Å². The highest BCUT2D eigenvalue weighted by Gasteiger charge is 2.29. The van der Waals surface area contributed by atoms with Gasteiger partial charge in [0, 0.05) is 21.9 Å². The number of carbonyl (C=O) groups is 2. The molecule has 0 aliphatic carbocycles. The lowest BCUT2D eigenvalue weighted by Crippen LogP contribution is -2.43. The summed E-state index contributed by atoms with van der Waals surface area (Å²) in [6.45, 7) is 0.471. The lowest BCUT2D eigenvalue weighted by Gasteiger charge is -2.30. The van der Waals surface area contributed by atoms with Gasteiger partial charge in [-0.25, -0.2) is 4.79 Å². The monoisotopic (exact) mass is 428 g/mol. The molecule has 0 atom stereocenters. The number of Topliss-reactive ketones (excluding diaryl/α,β-unsaturated/α-hetero) is 1. The summed E-state index contributed by atoms with van der Waals surface area (Å²) >= 11 is 5.93. The molecule has 154 valence electrons. The van der Waals surface area contributed by atoms with Gasteiger partial charge in [-0.15, -0.1) is 0 Å². The number of carbonyl (C=O) groups excluding carboxylic acids is 2. The predicted molar refractivity (Wildman–Crippen MR) is 126 cm³/mol. The second-order valence-electron chi connectivity index (χ2n) is 7.28. The molecule has 4 nitrogen and oxygen atoms in total. The smallest absolute Gasteiger partial charge is 0.316 e. The third kappa shape index (κ3) is 5.30. The van der Waals surface area contributed by atoms with Crippen molar-refractivity contribution in [2.75, 3.05) is 18.4 Å². The quantitative estimate of drug-likeness (QED) is 0.526. The standard InChI is InChI=1S/C26H21ClN2O2/c27-23-11-13-24(14-12-23)28-26(31)29-17-21(15-19-7-3-1-4-8-19)25(30)22(18-29)16-20-9-5-2-6-10-20/h1-16H,17-18H2,(H,28,31)/b21-15+,22-16+. The first-order valence-corrected chi connectivity index (χ1v) is 10.3. The Morgan fingerprint density at radius 3 is 1.74 bits per heavy atom. The summed E-state index contributed by atoms with van der Waals surface area (Å²) in [5.41, 5.74) is 3.64. The molecule has 0 aromatic heterocycles. The topological polar surface area (TPSA) is 49.4 Å². The fraction of sp³-hybridized carbons (Fsp3) is 0.0769. The number of amides is 2. The summed E-state index contributed by atoms with van der Waals surface area (Å²) in [5.74, 6) is -0.0387. The van der Waals surface area contributed by atoms with Gasteiger partial charge in [-0.1, -0.05) is 72.3 Å². The minimum absolute atomic E-state index is 0.0387. The zero-order chi connectivity index (χ0) is 21.6. The summed E-state index contributed by atoms with van der Waals surface area (Å²) in [7, 11) is 0. The van der Waals surface area contributed by atoms with Gasteiger partial charge in [0.15, 0.2) is 5.78 Å². The Kier molecular flexibility index (Phi) is 6.29. The van der Waals surface area contributed by atoms with E-state index in [1.54, 1.807) is 29.2 Å². The maximum Gasteiger partial charge on any atom is 0.322 e. The molecule has 31 heavy (non-hydrogen) atoms. The summed E-state index contributed by atoms with van der Waals surface area (Å²) in [6, 6.07) is 26.0. The Morgan fingerprint density at radius 1 is 0.774 bits per heavy atom. The summed E-state index contributed by atoms with van der Waals surface area (Å²) < 4.78 is 0. The van der Waals surface area contributed by atoms with Crippen LogP contribution in [0.5, 0.6) is 0 Å². The van der Waals surface area contributed by atoms with Crippen LogP contribution in [0.2, 0.25) is 5.02 Å². The summed E-state index contributed by atoms with van der Waals surface area (Å²) in [4.78, 5) is 27.8. The first kappa shape index (κ1) is 20.6. The van der Waals surface area contributed by atoms with Crippen LogP contribution in [0.25, 0.3) is 12.2 Å². The van der Waals surface area contributed by atoms with Gasteiger partial charge in [0.05, 0.1) is 13.1 Å². The fourth-order valence-electron chi connectivity index (χ4n) is 3.42. The van der Waals surface area contributed by atoms with Gasteiger partial charge in [-0.2, -0.15) is 0 Å². The van der Waals surface area contributed by atoms with Crippen LogP contribution in [0.1, 0.15) is 11.1 Å². The van der Waals surface area contributed by atoms with Crippen molar-refractivity contribution in [3.63, 3.8) is 0 Å². The molecular formula is C26H21ClN2O2. The van der Waals surface area contributed by atoms with Crippen LogP contribution in [0.4, 0.5) is 10.5 Å². The number of piperidine rings is 1. The van der Waals surface area contributed by atoms with Crippen molar-refractivity contribution in [3.8, 4) is 0 Å². The molecule has 0 spiro atoms. The maximum atomic E-state index is 13.2. The van der Waals surface area contributed by atoms with E-state index in [2.05, 4.69) is 5.32 Å². The molecule has 0 bridgehead atoms. The average molecular weight is 429 g/mol. The van der Waals surface area contributed by atoms with E-state index in [9.17, 15) is 9.59 Å². The Hall–Kier alpha value is -3.63. The molecule has 1 aliphatic heterocycles. The summed E-state index contributed by atoms with van der Waals surface area (Å²) in [6.07, 6.45) is 3.70. The zero-order valence-electron chi connectivity index (χ0n) is 16.8. The number of halogens is 1. The number of hydrogen-bond acceptors (Lipinski definition) is 2. The molecule has 1 N–H and O–H groups in total. The zero-order valence-corrected chi connectivity index (χ0v) is 17.5. The van der Waals surface area contributed by atoms with E-state index in [1.165, 1.54) is 0 Å². The highest BCUT2D eigenvalue weighted by atomic mass is 35.5. The van der Waals surface area contributed by atoms with Crippen molar-refractivity contribution >= 4 is 41.3 Å². The van der Waals surface area contributed by atoms with Gasteiger partial charge in [0.1, 0.15) is 0 Å². The third-order valence-electron chi connectivity index (χ3n) is 4.97. The molecular weight excluding hydrogens is 408 g/mol. The molecule has 1 heterocycles. The van der Waals surface area contributed by atoms with Crippen molar-refractivity contribution < 1.29 is 9.59 Å². The van der Waals surface area contributed by atoms with Crippen LogP contribution in [-0.4, -0.2) is 29.8 Å². The minimum atomic E-state index is -0.271. The molecule has 2 amide bonds. The van der Waals surface area contributed by atoms with E-state index >= 15 is 0 Å². The van der Waals surface area contributed by atoms with Gasteiger partial charge < -0.3 is 10.2 Å². The molecule has 3 aromatic rings. The van der Waals surface area contributed by atoms with Crippen LogP contribution >= 0.6 is 11.6 Å². The van der Waals surface area contributed by atoms with Gasteiger partial charge >= 0.3 is 6.03 Å². The predicted octanol–water partition coefficient (Wildman–Crippen LogP) is 5.92. The molecule has 3 aromatic carbocycles. The number of ketones is 1. The Bertz CT molecular complexity index is 1080. The molecule has 0 unspecified atom stereocenters. The van der Waals surface area contributed by atoms with Crippen LogP contribution in [0.3, 0.4) is 0 Å². The normalized spacial score (nSPS) is 16.5. The number of benzene rings is 3. The van der Waals surface area contributed by atoms with E-state index in [4.69, 9.17) is 11.6 Å². The first-order valence-electron chi connectivity index (χ1n) is 9.96. The van der Waals surface area contributed by atoms with Crippen LogP contribution in [-0.2, 0) is 4.79 Å². The average Bonchev–Trinajstić information content (AvgIpc) is 2.79. The number of nitrogens with one attached hydrogen (secondary N) is 1. The van der Waals surface area contributed by atoms with Crippen molar-refractivity contribution in [2.45, 2.75) is 0 Å². The van der Waals surface area contributed by atoms with E-state index in [1.807, 2.05) is 72.8 Å². The number of hydrogen-bond donors (Lipinski definition) is 1. The number of likely N-dealkylation sites (tertiary alicyclic amines) is 1. The second-order valence-corrected chi connectivity index (χ2v) is 7.72. The first-order chi connectivity index (χ1) is 15.1. The van der Waals surface area contributed by atoms with Crippen molar-refractivity contribution in [3.05, 3.63) is 112 Å². The van der Waals surface area contributed by atoms with Crippen LogP contribution in [0, 0.1) is 0 Å². The molecule has 0 radical (unpaired) electrons. The largest absolute Gasteiger partial charge is 0.322 e. The highest BCUT2D eigenvalue weighted by Crippen LogP contribution is 2.23. The minimum Gasteiger partial charge on any atom is -0.316 e. The van der Waals surface area contributed by atoms with Gasteiger partial charge in [-0.3, -0.25) is 4.79 Å². The second kappa shape index (κ2) is 9.45. The van der Waals surface area contributed by atoms with Crippen molar-refractivity contribution in [2.24, 2.45) is 0 Å². The SMILES string of the molecule is O=C1/C(=C/c2ccccc2)CN(C(=O)Nc2ccc(Cl)cc2)C/C1=C\c1ccccc1. The van der Waals surface area contributed by atoms with E-state index in [0.717, 1.165) is 11.1 Å². The Labute approximate surface area is 186 Å². The fourth-order valence-corrected chi connectivity index (χ4v) is 3.55. The summed E-state index contributed by atoms with van der Waals surface area (Å²) in [5, 5.41) is 3.48. The number of nitrogens with zero attached hydrogens (tertiary/aromatic N) is 1. The molecule has 1 saturated heterocycles. The van der Waals surface area contributed by atoms with E-state index < -0.39 is 0 Å². The molecule has 0 saturated carbocycles. The highest BCUT2D eigenvalue weighted by molar-refractivity contribution is 6.30. The van der Waals surface area contributed by atoms with Gasteiger partial charge in [0.25, 0.3) is 0 Å². The molecule has 1 fully saturated rings. The third-order valence-corrected chi connectivity index (χ3v) is 5.22. The van der Waals surface area contributed by atoms with Crippen LogP contribution in [0.15, 0.2) is 96.1 Å². The number of rotatable bonds is 3. The Balaban J connectivity index is 1.64. The molecule has 4 rings (SSSR count). The van der Waals surface area contributed by atoms with Gasteiger partial charge in [-0.05, 0) is 47.5 Å². The lowest BCUT2D eigenvalue weighted by molar-refractivity contribution is -0.113. The molecule has 1 aliphatic rings. The van der Waals surface area contributed by atoms with Crippen LogP contribution < -0.4 is 5.32 Å². The number of anilines is 1.